The zero-order valence-electron chi connectivity index (χ0n) is 17.5. The molecule has 0 aromatic heterocycles. The van der Waals surface area contributed by atoms with Crippen molar-refractivity contribution < 1.29 is 23.0 Å². The zero-order chi connectivity index (χ0) is 21.6. The first kappa shape index (κ1) is 22.5. The number of alkyl carbamates (subject to hydrolysis) is 1. The largest absolute Gasteiger partial charge is 0.493 e. The number of hydrogen-bond donors (Lipinski definition) is 1. The number of nitrogens with zero attached hydrogens (tertiary/aromatic N) is 1. The summed E-state index contributed by atoms with van der Waals surface area (Å²) in [6.45, 7) is 6.18. The highest BCUT2D eigenvalue weighted by molar-refractivity contribution is 5.67. The number of carbonyl (C=O) groups is 1. The molecule has 0 fully saturated rings. The highest BCUT2D eigenvalue weighted by Gasteiger charge is 2.15. The Balaban J connectivity index is 0.000000284. The third-order valence-corrected chi connectivity index (χ3v) is 4.16. The molecule has 3 rings (SSSR count). The van der Waals surface area contributed by atoms with Crippen LogP contribution in [0.2, 0.25) is 0 Å². The zero-order valence-corrected chi connectivity index (χ0v) is 17.5. The van der Waals surface area contributed by atoms with Gasteiger partial charge in [-0.15, -0.1) is 0 Å². The molecule has 29 heavy (non-hydrogen) atoms. The van der Waals surface area contributed by atoms with E-state index in [0.29, 0.717) is 12.3 Å². The Hall–Kier alpha value is -2.83. The maximum absolute atomic E-state index is 13.8. The number of carbonyl (C=O) groups excluding carboxylic acids is 1. The van der Waals surface area contributed by atoms with E-state index in [-0.39, 0.29) is 11.7 Å². The number of aryl methyl sites for hydroxylation is 1. The maximum atomic E-state index is 13.8. The predicted molar refractivity (Wildman–Crippen MR) is 110 cm³/mol. The van der Waals surface area contributed by atoms with Crippen LogP contribution >= 0.6 is 0 Å². The van der Waals surface area contributed by atoms with E-state index in [1.54, 1.807) is 11.9 Å². The number of fused-ring (bicyclic) bond motifs is 1. The van der Waals surface area contributed by atoms with Gasteiger partial charge in [-0.05, 0) is 57.4 Å². The number of halogens is 2. The molecule has 0 bridgehead atoms. The smallest absolute Gasteiger partial charge is 0.407 e. The average Bonchev–Trinajstić information content (AvgIpc) is 2.66. The molecular formula is C22H28F2N2O3. The Kier molecular flexibility index (Phi) is 7.42. The summed E-state index contributed by atoms with van der Waals surface area (Å²) in [7, 11) is 3.29. The van der Waals surface area contributed by atoms with Gasteiger partial charge in [0, 0.05) is 31.9 Å². The van der Waals surface area contributed by atoms with E-state index in [4.69, 9.17) is 9.47 Å². The molecule has 158 valence electrons. The average molecular weight is 406 g/mol. The van der Waals surface area contributed by atoms with Crippen LogP contribution < -0.4 is 15.0 Å². The van der Waals surface area contributed by atoms with Crippen LogP contribution in [0.25, 0.3) is 0 Å². The third kappa shape index (κ3) is 6.62. The summed E-state index contributed by atoms with van der Waals surface area (Å²) in [6.07, 6.45) is 1.64. The lowest BCUT2D eigenvalue weighted by Crippen LogP contribution is -2.30. The van der Waals surface area contributed by atoms with Crippen LogP contribution in [0.3, 0.4) is 0 Å². The summed E-state index contributed by atoms with van der Waals surface area (Å²) in [4.78, 5) is 12.2. The van der Waals surface area contributed by atoms with Crippen LogP contribution in [-0.2, 0) is 11.2 Å². The summed E-state index contributed by atoms with van der Waals surface area (Å²) in [6, 6.07) is 9.41. The van der Waals surface area contributed by atoms with Gasteiger partial charge in [-0.3, -0.25) is 0 Å². The van der Waals surface area contributed by atoms with E-state index in [9.17, 15) is 13.6 Å². The number of ether oxygens (including phenoxy) is 2. The van der Waals surface area contributed by atoms with Gasteiger partial charge in [0.2, 0.25) is 0 Å². The Morgan fingerprint density at radius 2 is 1.90 bits per heavy atom. The lowest BCUT2D eigenvalue weighted by Gasteiger charge is -2.23. The van der Waals surface area contributed by atoms with Gasteiger partial charge in [0.05, 0.1) is 12.3 Å². The van der Waals surface area contributed by atoms with Gasteiger partial charge in [-0.1, -0.05) is 6.07 Å². The molecule has 1 N–H and O–H groups in total. The van der Waals surface area contributed by atoms with E-state index >= 15 is 0 Å². The minimum absolute atomic E-state index is 0.335. The molecule has 5 nitrogen and oxygen atoms in total. The van der Waals surface area contributed by atoms with E-state index in [2.05, 4.69) is 5.32 Å². The Labute approximate surface area is 170 Å². The highest BCUT2D eigenvalue weighted by atomic mass is 19.1. The highest BCUT2D eigenvalue weighted by Crippen LogP contribution is 2.33. The van der Waals surface area contributed by atoms with Crippen molar-refractivity contribution >= 4 is 17.5 Å². The van der Waals surface area contributed by atoms with Gasteiger partial charge in [-0.25, -0.2) is 13.6 Å². The molecular weight excluding hydrogens is 378 g/mol. The first-order valence-electron chi connectivity index (χ1n) is 9.46. The first-order chi connectivity index (χ1) is 13.6. The van der Waals surface area contributed by atoms with Gasteiger partial charge < -0.3 is 19.7 Å². The summed E-state index contributed by atoms with van der Waals surface area (Å²) in [5, 5.41) is 2.36. The van der Waals surface area contributed by atoms with Crippen molar-refractivity contribution in [1.82, 2.24) is 5.32 Å². The van der Waals surface area contributed by atoms with Gasteiger partial charge >= 0.3 is 6.09 Å². The maximum Gasteiger partial charge on any atom is 0.407 e. The summed E-state index contributed by atoms with van der Waals surface area (Å²) in [5.41, 5.74) is 1.94. The lowest BCUT2D eigenvalue weighted by molar-refractivity contribution is 0.0541. The van der Waals surface area contributed by atoms with Crippen LogP contribution in [0.15, 0.2) is 36.4 Å². The number of hydrogen-bond acceptors (Lipinski definition) is 4. The fraction of sp³-hybridized carbons (Fsp3) is 0.409. The lowest BCUT2D eigenvalue weighted by atomic mass is 10.1. The molecule has 2 aromatic rings. The Bertz CT molecular complexity index is 850. The normalized spacial score (nSPS) is 12.7. The van der Waals surface area contributed by atoms with E-state index in [1.165, 1.54) is 24.7 Å². The van der Waals surface area contributed by atoms with Crippen LogP contribution in [-0.4, -0.2) is 32.4 Å². The predicted octanol–water partition coefficient (Wildman–Crippen LogP) is 5.20. The van der Waals surface area contributed by atoms with Crippen molar-refractivity contribution in [2.45, 2.75) is 39.2 Å². The SMILES string of the molecule is CN(c1ccc2c(c1)OCCC2)c1ccc(F)cc1F.CNC(=O)OC(C)(C)C. The molecule has 0 unspecified atom stereocenters. The van der Waals surface area contributed by atoms with Crippen molar-refractivity contribution in [3.63, 3.8) is 0 Å². The number of anilines is 2. The first-order valence-corrected chi connectivity index (χ1v) is 9.46. The second kappa shape index (κ2) is 9.58. The molecule has 0 atom stereocenters. The van der Waals surface area contributed by atoms with Crippen molar-refractivity contribution in [2.24, 2.45) is 0 Å². The minimum Gasteiger partial charge on any atom is -0.493 e. The molecule has 0 aliphatic carbocycles. The van der Waals surface area contributed by atoms with Crippen molar-refractivity contribution in [3.8, 4) is 5.75 Å². The molecule has 2 aromatic carbocycles. The van der Waals surface area contributed by atoms with Crippen LogP contribution in [0.4, 0.5) is 25.0 Å². The molecule has 0 saturated heterocycles. The van der Waals surface area contributed by atoms with Crippen molar-refractivity contribution in [3.05, 3.63) is 53.6 Å². The quantitative estimate of drug-likeness (QED) is 0.745. The minimum atomic E-state index is -0.578. The summed E-state index contributed by atoms with van der Waals surface area (Å²) < 4.78 is 37.2. The molecule has 7 heteroatoms. The molecule has 1 amide bonds. The van der Waals surface area contributed by atoms with E-state index in [0.717, 1.165) is 30.3 Å². The molecule has 0 spiro atoms. The Morgan fingerprint density at radius 1 is 1.17 bits per heavy atom. The number of rotatable bonds is 2. The van der Waals surface area contributed by atoms with Gasteiger partial charge in [0.1, 0.15) is 23.0 Å². The summed E-state index contributed by atoms with van der Waals surface area (Å²) >= 11 is 0. The number of benzene rings is 2. The van der Waals surface area contributed by atoms with Gasteiger partial charge in [0.25, 0.3) is 0 Å². The molecule has 0 radical (unpaired) electrons. The number of amides is 1. The fourth-order valence-electron chi connectivity index (χ4n) is 2.76. The van der Waals surface area contributed by atoms with Crippen molar-refractivity contribution in [1.29, 1.82) is 0 Å². The third-order valence-electron chi connectivity index (χ3n) is 4.16. The van der Waals surface area contributed by atoms with E-state index in [1.807, 2.05) is 39.0 Å². The van der Waals surface area contributed by atoms with Crippen LogP contribution in [0.5, 0.6) is 5.75 Å². The topological polar surface area (TPSA) is 50.8 Å². The summed E-state index contributed by atoms with van der Waals surface area (Å²) in [5.74, 6) is -0.303. The molecule has 0 saturated carbocycles. The monoisotopic (exact) mass is 406 g/mol. The van der Waals surface area contributed by atoms with Crippen LogP contribution in [0.1, 0.15) is 32.8 Å². The Morgan fingerprint density at radius 3 is 2.48 bits per heavy atom. The van der Waals surface area contributed by atoms with Gasteiger partial charge in [0.15, 0.2) is 0 Å². The van der Waals surface area contributed by atoms with Gasteiger partial charge in [-0.2, -0.15) is 0 Å². The van der Waals surface area contributed by atoms with E-state index < -0.39 is 11.6 Å². The fourth-order valence-corrected chi connectivity index (χ4v) is 2.76. The standard InChI is InChI=1S/C16H15F2NO.C6H13NO2/c1-19(15-7-5-12(17)9-14(15)18)13-6-4-11-3-2-8-20-16(11)10-13;1-6(2,3)9-5(8)7-4/h4-7,9-10H,2-3,8H2,1H3;1-4H3,(H,7,8). The molecule has 1 aliphatic rings. The molecule has 1 aliphatic heterocycles. The number of nitrogens with one attached hydrogen (secondary N) is 1. The van der Waals surface area contributed by atoms with Crippen LogP contribution in [0, 0.1) is 11.6 Å². The second-order valence-corrected chi connectivity index (χ2v) is 7.65. The second-order valence-electron chi connectivity index (χ2n) is 7.65. The van der Waals surface area contributed by atoms with Crippen molar-refractivity contribution in [2.75, 3.05) is 25.6 Å². The molecule has 1 heterocycles.